The highest BCUT2D eigenvalue weighted by Crippen LogP contribution is 2.42. The van der Waals surface area contributed by atoms with Crippen molar-refractivity contribution in [3.05, 3.63) is 101 Å². The number of rotatable bonds is 5. The molecular weight excluding hydrogens is 402 g/mol. The van der Waals surface area contributed by atoms with E-state index < -0.39 is 17.7 Å². The highest BCUT2D eigenvalue weighted by molar-refractivity contribution is 6.51. The quantitative estimate of drug-likeness (QED) is 0.340. The smallest absolute Gasteiger partial charge is 0.300 e. The largest absolute Gasteiger partial charge is 0.507 e. The fourth-order valence-electron chi connectivity index (χ4n) is 4.06. The molecule has 0 radical (unpaired) electrons. The first kappa shape index (κ1) is 21.4. The van der Waals surface area contributed by atoms with Crippen LogP contribution in [0.3, 0.4) is 0 Å². The zero-order chi connectivity index (χ0) is 22.8. The van der Waals surface area contributed by atoms with Gasteiger partial charge in [0.05, 0.1) is 18.2 Å². The van der Waals surface area contributed by atoms with Crippen LogP contribution in [0.2, 0.25) is 0 Å². The van der Waals surface area contributed by atoms with Gasteiger partial charge in [0, 0.05) is 11.3 Å². The van der Waals surface area contributed by atoms with E-state index in [9.17, 15) is 14.7 Å². The van der Waals surface area contributed by atoms with E-state index in [1.54, 1.807) is 24.3 Å². The molecule has 0 spiro atoms. The lowest BCUT2D eigenvalue weighted by Crippen LogP contribution is -2.29. The van der Waals surface area contributed by atoms with Crippen LogP contribution in [0.25, 0.3) is 5.76 Å². The molecule has 0 bridgehead atoms. The van der Waals surface area contributed by atoms with Crippen LogP contribution < -0.4 is 9.64 Å². The van der Waals surface area contributed by atoms with Crippen molar-refractivity contribution in [3.8, 4) is 5.75 Å². The lowest BCUT2D eigenvalue weighted by atomic mass is 9.93. The fourth-order valence-corrected chi connectivity index (χ4v) is 4.06. The Balaban J connectivity index is 1.91. The first-order valence-electron chi connectivity index (χ1n) is 10.6. The molecule has 32 heavy (non-hydrogen) atoms. The molecule has 0 aliphatic carbocycles. The molecule has 5 nitrogen and oxygen atoms in total. The van der Waals surface area contributed by atoms with Crippen LogP contribution in [-0.4, -0.2) is 23.4 Å². The minimum Gasteiger partial charge on any atom is -0.507 e. The third kappa shape index (κ3) is 3.78. The lowest BCUT2D eigenvalue weighted by Gasteiger charge is -2.25. The van der Waals surface area contributed by atoms with Gasteiger partial charge in [-0.05, 0) is 62.2 Å². The number of ketones is 1. The van der Waals surface area contributed by atoms with E-state index in [1.807, 2.05) is 69.3 Å². The van der Waals surface area contributed by atoms with Crippen molar-refractivity contribution in [2.24, 2.45) is 0 Å². The standard InChI is InChI=1S/C27H25NO4/c1-4-32-21-14-12-20(13-15-21)28-24(19-8-6-5-7-9-19)23(26(30)27(28)31)25(29)22-16-17(2)10-11-18(22)3/h5-16,24,29H,4H2,1-3H3/b25-23+. The minimum atomic E-state index is -0.742. The Morgan fingerprint density at radius 3 is 2.31 bits per heavy atom. The summed E-state index contributed by atoms with van der Waals surface area (Å²) in [5.41, 5.74) is 3.72. The number of carbonyl (C=O) groups excluding carboxylic acids is 2. The molecule has 3 aromatic rings. The van der Waals surface area contributed by atoms with Crippen molar-refractivity contribution in [1.82, 2.24) is 0 Å². The number of anilines is 1. The second kappa shape index (κ2) is 8.71. The van der Waals surface area contributed by atoms with Crippen LogP contribution in [0.15, 0.2) is 78.4 Å². The topological polar surface area (TPSA) is 66.8 Å². The number of hydrogen-bond acceptors (Lipinski definition) is 4. The molecule has 3 aromatic carbocycles. The van der Waals surface area contributed by atoms with E-state index in [2.05, 4.69) is 0 Å². The van der Waals surface area contributed by atoms with Crippen molar-refractivity contribution < 1.29 is 19.4 Å². The Morgan fingerprint density at radius 1 is 0.969 bits per heavy atom. The van der Waals surface area contributed by atoms with Crippen molar-refractivity contribution in [1.29, 1.82) is 0 Å². The number of amides is 1. The number of hydrogen-bond donors (Lipinski definition) is 1. The molecule has 162 valence electrons. The molecule has 1 atom stereocenters. The van der Waals surface area contributed by atoms with Gasteiger partial charge in [0.25, 0.3) is 11.7 Å². The normalized spacial score (nSPS) is 17.6. The van der Waals surface area contributed by atoms with E-state index in [0.29, 0.717) is 23.6 Å². The zero-order valence-electron chi connectivity index (χ0n) is 18.3. The molecule has 1 heterocycles. The fraction of sp³-hybridized carbons (Fsp3) is 0.185. The Bertz CT molecular complexity index is 1200. The van der Waals surface area contributed by atoms with Gasteiger partial charge in [-0.3, -0.25) is 14.5 Å². The minimum absolute atomic E-state index is 0.0868. The van der Waals surface area contributed by atoms with E-state index in [1.165, 1.54) is 4.90 Å². The summed E-state index contributed by atoms with van der Waals surface area (Å²) in [6.45, 7) is 6.22. The maximum Gasteiger partial charge on any atom is 0.300 e. The first-order chi connectivity index (χ1) is 15.4. The molecule has 1 fully saturated rings. The number of nitrogens with zero attached hydrogens (tertiary/aromatic N) is 1. The summed E-state index contributed by atoms with van der Waals surface area (Å²) in [4.78, 5) is 27.9. The van der Waals surface area contributed by atoms with E-state index in [-0.39, 0.29) is 11.3 Å². The Morgan fingerprint density at radius 2 is 1.66 bits per heavy atom. The second-order valence-electron chi connectivity index (χ2n) is 7.83. The van der Waals surface area contributed by atoms with Gasteiger partial charge in [-0.1, -0.05) is 48.0 Å². The van der Waals surface area contributed by atoms with Gasteiger partial charge in [0.1, 0.15) is 11.5 Å². The SMILES string of the molecule is CCOc1ccc(N2C(=O)C(=O)/C(=C(/O)c3cc(C)ccc3C)C2c2ccccc2)cc1. The average Bonchev–Trinajstić information content (AvgIpc) is 3.07. The third-order valence-electron chi connectivity index (χ3n) is 5.63. The van der Waals surface area contributed by atoms with Gasteiger partial charge in [0.15, 0.2) is 0 Å². The van der Waals surface area contributed by atoms with Gasteiger partial charge in [-0.25, -0.2) is 0 Å². The van der Waals surface area contributed by atoms with E-state index in [4.69, 9.17) is 4.74 Å². The predicted molar refractivity (Wildman–Crippen MR) is 125 cm³/mol. The van der Waals surface area contributed by atoms with E-state index >= 15 is 0 Å². The molecule has 0 saturated carbocycles. The van der Waals surface area contributed by atoms with Crippen LogP contribution in [0.1, 0.15) is 35.2 Å². The number of aliphatic hydroxyl groups is 1. The van der Waals surface area contributed by atoms with Crippen LogP contribution in [0, 0.1) is 13.8 Å². The van der Waals surface area contributed by atoms with E-state index in [0.717, 1.165) is 16.7 Å². The van der Waals surface area contributed by atoms with Crippen LogP contribution in [0.5, 0.6) is 5.75 Å². The number of aryl methyl sites for hydroxylation is 2. The molecule has 1 N–H and O–H groups in total. The van der Waals surface area contributed by atoms with Gasteiger partial charge in [-0.2, -0.15) is 0 Å². The third-order valence-corrected chi connectivity index (χ3v) is 5.63. The van der Waals surface area contributed by atoms with Crippen LogP contribution in [0.4, 0.5) is 5.69 Å². The Hall–Kier alpha value is -3.86. The molecule has 4 rings (SSSR count). The second-order valence-corrected chi connectivity index (χ2v) is 7.83. The summed E-state index contributed by atoms with van der Waals surface area (Å²) < 4.78 is 5.50. The summed E-state index contributed by atoms with van der Waals surface area (Å²) >= 11 is 0. The number of Topliss-reactive ketones (excluding diaryl/α,β-unsaturated/α-hetero) is 1. The number of benzene rings is 3. The lowest BCUT2D eigenvalue weighted by molar-refractivity contribution is -0.132. The summed E-state index contributed by atoms with van der Waals surface area (Å²) in [5, 5.41) is 11.3. The highest BCUT2D eigenvalue weighted by Gasteiger charge is 2.47. The summed E-state index contributed by atoms with van der Waals surface area (Å²) in [5.74, 6) is -0.854. The van der Waals surface area contributed by atoms with Crippen molar-refractivity contribution >= 4 is 23.1 Å². The maximum atomic E-state index is 13.2. The van der Waals surface area contributed by atoms with Crippen LogP contribution in [-0.2, 0) is 9.59 Å². The summed E-state index contributed by atoms with van der Waals surface area (Å²) in [6, 6.07) is 21.3. The predicted octanol–water partition coefficient (Wildman–Crippen LogP) is 5.33. The summed E-state index contributed by atoms with van der Waals surface area (Å²) in [7, 11) is 0. The summed E-state index contributed by atoms with van der Waals surface area (Å²) in [6.07, 6.45) is 0. The molecule has 0 aromatic heterocycles. The number of ether oxygens (including phenoxy) is 1. The molecule has 1 aliphatic heterocycles. The van der Waals surface area contributed by atoms with Crippen LogP contribution >= 0.6 is 0 Å². The average molecular weight is 428 g/mol. The molecule has 1 unspecified atom stereocenters. The van der Waals surface area contributed by atoms with Gasteiger partial charge < -0.3 is 9.84 Å². The monoisotopic (exact) mass is 427 g/mol. The van der Waals surface area contributed by atoms with Gasteiger partial charge in [-0.15, -0.1) is 0 Å². The maximum absolute atomic E-state index is 13.2. The molecule has 5 heteroatoms. The Labute approximate surface area is 187 Å². The molecule has 1 amide bonds. The first-order valence-corrected chi connectivity index (χ1v) is 10.6. The highest BCUT2D eigenvalue weighted by atomic mass is 16.5. The molecular formula is C27H25NO4. The molecule has 1 aliphatic rings. The van der Waals surface area contributed by atoms with Gasteiger partial charge >= 0.3 is 0 Å². The van der Waals surface area contributed by atoms with Crippen molar-refractivity contribution in [2.75, 3.05) is 11.5 Å². The Kier molecular flexibility index (Phi) is 5.82. The van der Waals surface area contributed by atoms with Gasteiger partial charge in [0.2, 0.25) is 0 Å². The number of aliphatic hydroxyl groups excluding tert-OH is 1. The zero-order valence-corrected chi connectivity index (χ0v) is 18.3. The van der Waals surface area contributed by atoms with Crippen molar-refractivity contribution in [3.63, 3.8) is 0 Å². The number of carbonyl (C=O) groups is 2. The molecule has 1 saturated heterocycles. The van der Waals surface area contributed by atoms with Crippen molar-refractivity contribution in [2.45, 2.75) is 26.8 Å².